The second-order valence-corrected chi connectivity index (χ2v) is 2.01. The predicted octanol–water partition coefficient (Wildman–Crippen LogP) is -2.10. The van der Waals surface area contributed by atoms with Crippen LogP contribution in [0.3, 0.4) is 0 Å². The molecule has 0 fully saturated rings. The third-order valence-corrected chi connectivity index (χ3v) is 0.447. The molecule has 0 aromatic heterocycles. The maximum absolute atomic E-state index is 3.06. The van der Waals surface area contributed by atoms with E-state index in [4.69, 9.17) is 0 Å². The zero-order valence-electron chi connectivity index (χ0n) is 5.83. The predicted molar refractivity (Wildman–Crippen MR) is 32.0 cm³/mol. The molecule has 0 amide bonds. The smallest absolute Gasteiger partial charge is 0.165 e. The Hall–Kier alpha value is -0.260. The van der Waals surface area contributed by atoms with Crippen molar-refractivity contribution in [2.24, 2.45) is 0 Å². The molecule has 0 saturated carbocycles. The van der Waals surface area contributed by atoms with Gasteiger partial charge in [-0.15, -0.1) is 0 Å². The largest absolute Gasteiger partial charge is 1.00 e. The van der Waals surface area contributed by atoms with Crippen LogP contribution in [0, 0.1) is 0 Å². The third-order valence-electron chi connectivity index (χ3n) is 0.447. The fourth-order valence-electron chi connectivity index (χ4n) is 0.447. The minimum atomic E-state index is 0. The molecule has 0 rings (SSSR count). The lowest BCUT2D eigenvalue weighted by molar-refractivity contribution is -0.457. The van der Waals surface area contributed by atoms with Gasteiger partial charge in [0.25, 0.3) is 0 Å². The summed E-state index contributed by atoms with van der Waals surface area (Å²) in [5.41, 5.74) is 1.21. The lowest BCUT2D eigenvalue weighted by Gasteiger charge is -1.73. The first kappa shape index (κ1) is 10.7. The molecule has 0 aliphatic rings. The highest BCUT2D eigenvalue weighted by atomic mass is 35.5. The van der Waals surface area contributed by atoms with E-state index in [9.17, 15) is 0 Å². The van der Waals surface area contributed by atoms with Crippen LogP contribution in [0.1, 0.15) is 13.8 Å². The van der Waals surface area contributed by atoms with Crippen LogP contribution in [0.4, 0.5) is 0 Å². The van der Waals surface area contributed by atoms with Crippen LogP contribution < -0.4 is 12.4 Å². The maximum Gasteiger partial charge on any atom is 0.165 e. The molecule has 0 aromatic rings. The summed E-state index contributed by atoms with van der Waals surface area (Å²) >= 11 is 0. The number of rotatable bonds is 0. The average Bonchev–Trinajstić information content (AvgIpc) is 1.27. The van der Waals surface area contributed by atoms with E-state index in [1.54, 1.807) is 0 Å². The quantitative estimate of drug-likeness (QED) is 0.263. The third kappa shape index (κ3) is 9.22. The standard InChI is InChI=1S/C6H12N.ClH/c1-6(2)5-7(3)4;/h1-4H3;1H/q+1;/p-1. The summed E-state index contributed by atoms with van der Waals surface area (Å²) < 4.78 is 1.91. The Morgan fingerprint density at radius 1 is 1.25 bits per heavy atom. The number of hydrogen-bond donors (Lipinski definition) is 0. The van der Waals surface area contributed by atoms with Gasteiger partial charge in [0.2, 0.25) is 0 Å². The van der Waals surface area contributed by atoms with Crippen LogP contribution in [0.15, 0.2) is 5.57 Å². The Bertz CT molecular complexity index is 100. The second kappa shape index (κ2) is 4.89. The van der Waals surface area contributed by atoms with Gasteiger partial charge in [0.1, 0.15) is 14.1 Å². The summed E-state index contributed by atoms with van der Waals surface area (Å²) in [6, 6.07) is 0. The SMILES string of the molecule is CC(C)=C=[N+](C)C.[Cl-]. The minimum absolute atomic E-state index is 0. The molecule has 0 spiro atoms. The fraction of sp³-hybridized carbons (Fsp3) is 0.667. The Morgan fingerprint density at radius 3 is 1.62 bits per heavy atom. The van der Waals surface area contributed by atoms with Crippen molar-refractivity contribution < 1.29 is 17.0 Å². The van der Waals surface area contributed by atoms with Crippen molar-refractivity contribution in [1.82, 2.24) is 0 Å². The summed E-state index contributed by atoms with van der Waals surface area (Å²) in [6.07, 6.45) is 0. The average molecular weight is 134 g/mol. The molecule has 0 bridgehead atoms. The summed E-state index contributed by atoms with van der Waals surface area (Å²) in [5, 5.41) is 0. The maximum atomic E-state index is 3.06. The molecule has 0 aliphatic heterocycles. The Morgan fingerprint density at radius 2 is 1.62 bits per heavy atom. The van der Waals surface area contributed by atoms with Gasteiger partial charge in [-0.1, -0.05) is 0 Å². The first-order valence-corrected chi connectivity index (χ1v) is 2.37. The molecule has 8 heavy (non-hydrogen) atoms. The van der Waals surface area contributed by atoms with Crippen LogP contribution in [0.25, 0.3) is 0 Å². The molecule has 2 heteroatoms. The highest BCUT2D eigenvalue weighted by Gasteiger charge is 1.75. The van der Waals surface area contributed by atoms with Gasteiger partial charge in [-0.05, 0) is 13.8 Å². The van der Waals surface area contributed by atoms with Crippen LogP contribution in [0.5, 0.6) is 0 Å². The number of allylic oxidation sites excluding steroid dienone is 1. The molecule has 0 saturated heterocycles. The van der Waals surface area contributed by atoms with Gasteiger partial charge in [0.05, 0.1) is 0 Å². The zero-order valence-corrected chi connectivity index (χ0v) is 6.58. The normalized spacial score (nSPS) is 6.50. The van der Waals surface area contributed by atoms with Gasteiger partial charge in [-0.3, -0.25) is 0 Å². The van der Waals surface area contributed by atoms with E-state index in [0.29, 0.717) is 0 Å². The van der Waals surface area contributed by atoms with Gasteiger partial charge < -0.3 is 12.4 Å². The molecule has 0 heterocycles. The Labute approximate surface area is 57.1 Å². The molecular formula is C6H12ClN. The van der Waals surface area contributed by atoms with Crippen molar-refractivity contribution in [1.29, 1.82) is 0 Å². The molecular weight excluding hydrogens is 122 g/mol. The second-order valence-electron chi connectivity index (χ2n) is 2.01. The van der Waals surface area contributed by atoms with Crippen LogP contribution in [0.2, 0.25) is 0 Å². The summed E-state index contributed by atoms with van der Waals surface area (Å²) in [7, 11) is 3.93. The van der Waals surface area contributed by atoms with Crippen LogP contribution in [-0.4, -0.2) is 24.5 Å². The molecule has 1 nitrogen and oxygen atoms in total. The van der Waals surface area contributed by atoms with E-state index in [1.807, 2.05) is 32.5 Å². The van der Waals surface area contributed by atoms with Crippen molar-refractivity contribution in [2.45, 2.75) is 13.8 Å². The van der Waals surface area contributed by atoms with Crippen molar-refractivity contribution in [3.05, 3.63) is 5.57 Å². The summed E-state index contributed by atoms with van der Waals surface area (Å²) in [6.45, 7) is 4.06. The van der Waals surface area contributed by atoms with Gasteiger partial charge in [0, 0.05) is 5.57 Å². The topological polar surface area (TPSA) is 3.01 Å². The molecule has 0 atom stereocenters. The Kier molecular flexibility index (Phi) is 6.52. The van der Waals surface area contributed by atoms with Gasteiger partial charge in [-0.2, -0.15) is 4.58 Å². The molecule has 0 radical (unpaired) electrons. The molecule has 48 valence electrons. The lowest BCUT2D eigenvalue weighted by atomic mass is 10.4. The first-order valence-electron chi connectivity index (χ1n) is 2.37. The van der Waals surface area contributed by atoms with E-state index in [-0.39, 0.29) is 12.4 Å². The zero-order chi connectivity index (χ0) is 5.86. The minimum Gasteiger partial charge on any atom is -1.00 e. The molecule has 0 aliphatic carbocycles. The number of hydrogen-bond acceptors (Lipinski definition) is 0. The number of nitrogens with zero attached hydrogens (tertiary/aromatic N) is 1. The first-order chi connectivity index (χ1) is 3.13. The van der Waals surface area contributed by atoms with Crippen LogP contribution >= 0.6 is 0 Å². The fourth-order valence-corrected chi connectivity index (χ4v) is 0.447. The molecule has 0 N–H and O–H groups in total. The van der Waals surface area contributed by atoms with E-state index in [2.05, 4.69) is 5.87 Å². The monoisotopic (exact) mass is 133 g/mol. The van der Waals surface area contributed by atoms with Crippen molar-refractivity contribution in [3.63, 3.8) is 0 Å². The lowest BCUT2D eigenvalue weighted by Crippen LogP contribution is -3.00. The highest BCUT2D eigenvalue weighted by molar-refractivity contribution is 5.50. The van der Waals surface area contributed by atoms with E-state index in [0.717, 1.165) is 0 Å². The summed E-state index contributed by atoms with van der Waals surface area (Å²) in [4.78, 5) is 0. The van der Waals surface area contributed by atoms with Gasteiger partial charge >= 0.3 is 0 Å². The van der Waals surface area contributed by atoms with Crippen molar-refractivity contribution in [3.8, 4) is 0 Å². The van der Waals surface area contributed by atoms with E-state index >= 15 is 0 Å². The molecule has 0 unspecified atom stereocenters. The van der Waals surface area contributed by atoms with Crippen molar-refractivity contribution >= 4 is 5.87 Å². The van der Waals surface area contributed by atoms with Gasteiger partial charge in [-0.25, -0.2) is 0 Å². The van der Waals surface area contributed by atoms with Crippen molar-refractivity contribution in [2.75, 3.05) is 14.1 Å². The Balaban J connectivity index is 0. The summed E-state index contributed by atoms with van der Waals surface area (Å²) in [5.74, 6) is 3.06. The van der Waals surface area contributed by atoms with Crippen LogP contribution in [-0.2, 0) is 0 Å². The highest BCUT2D eigenvalue weighted by Crippen LogP contribution is 1.74. The van der Waals surface area contributed by atoms with E-state index in [1.165, 1.54) is 5.57 Å². The van der Waals surface area contributed by atoms with Gasteiger partial charge in [0.15, 0.2) is 5.87 Å². The number of halogens is 1. The molecule has 0 aromatic carbocycles. The van der Waals surface area contributed by atoms with E-state index < -0.39 is 0 Å².